The van der Waals surface area contributed by atoms with E-state index in [0.29, 0.717) is 39.5 Å². The minimum Gasteiger partial charge on any atom is -0.478 e. The molecule has 8 nitrogen and oxygen atoms in total. The van der Waals surface area contributed by atoms with Gasteiger partial charge >= 0.3 is 0 Å². The Labute approximate surface area is 205 Å². The van der Waals surface area contributed by atoms with Crippen LogP contribution in [0.3, 0.4) is 0 Å². The monoisotopic (exact) mass is 503 g/mol. The molecule has 1 aliphatic rings. The molecule has 3 heterocycles. The molecule has 1 fully saturated rings. The summed E-state index contributed by atoms with van der Waals surface area (Å²) in [6.07, 6.45) is 1.53. The second kappa shape index (κ2) is 7.89. The molecule has 0 radical (unpaired) electrons. The summed E-state index contributed by atoms with van der Waals surface area (Å²) in [5.41, 5.74) is 0.296. The van der Waals surface area contributed by atoms with Gasteiger partial charge in [0.2, 0.25) is 5.75 Å². The highest BCUT2D eigenvalue weighted by atomic mass is 35.5. The quantitative estimate of drug-likeness (QED) is 0.427. The summed E-state index contributed by atoms with van der Waals surface area (Å²) in [5, 5.41) is 12.8. The van der Waals surface area contributed by atoms with Gasteiger partial charge in [-0.3, -0.25) is 0 Å². The van der Waals surface area contributed by atoms with Crippen LogP contribution in [0.1, 0.15) is 35.0 Å². The van der Waals surface area contributed by atoms with Gasteiger partial charge in [-0.15, -0.1) is 0 Å². The number of rotatable bonds is 6. The van der Waals surface area contributed by atoms with Crippen LogP contribution >= 0.6 is 11.6 Å². The van der Waals surface area contributed by atoms with Crippen molar-refractivity contribution in [2.24, 2.45) is 14.1 Å². The number of alkyl halides is 2. The average molecular weight is 504 g/mol. The Bertz CT molecular complexity index is 1420. The van der Waals surface area contributed by atoms with E-state index >= 15 is 0 Å². The zero-order valence-corrected chi connectivity index (χ0v) is 20.6. The van der Waals surface area contributed by atoms with Gasteiger partial charge in [0.25, 0.3) is 11.8 Å². The summed E-state index contributed by atoms with van der Waals surface area (Å²) in [5.74, 6) is -1.54. The lowest BCUT2D eigenvalue weighted by Crippen LogP contribution is -2.33. The predicted octanol–water partition coefficient (Wildman–Crippen LogP) is 4.05. The van der Waals surface area contributed by atoms with Gasteiger partial charge < -0.3 is 23.7 Å². The number of fused-ring (bicyclic) bond motifs is 1. The fraction of sp³-hybridized carbons (Fsp3) is 0.375. The highest BCUT2D eigenvalue weighted by Crippen LogP contribution is 2.49. The Morgan fingerprint density at radius 1 is 1.11 bits per heavy atom. The lowest BCUT2D eigenvalue weighted by molar-refractivity contribution is 0.0654. The molecule has 1 aromatic carbocycles. The first-order valence-corrected chi connectivity index (χ1v) is 11.3. The van der Waals surface area contributed by atoms with E-state index < -0.39 is 24.0 Å². The van der Waals surface area contributed by atoms with E-state index in [0.717, 1.165) is 0 Å². The number of pyridine rings is 1. The van der Waals surface area contributed by atoms with Crippen molar-refractivity contribution in [3.05, 3.63) is 64.2 Å². The van der Waals surface area contributed by atoms with Gasteiger partial charge in [0.05, 0.1) is 47.9 Å². The normalized spacial score (nSPS) is 17.1. The summed E-state index contributed by atoms with van der Waals surface area (Å²) in [7, 11) is 4.99. The van der Waals surface area contributed by atoms with Crippen molar-refractivity contribution < 1.29 is 23.4 Å². The summed E-state index contributed by atoms with van der Waals surface area (Å²) in [6.45, 7) is 3.67. The second-order valence-corrected chi connectivity index (χ2v) is 9.16. The van der Waals surface area contributed by atoms with Crippen LogP contribution in [0.15, 0.2) is 30.6 Å². The van der Waals surface area contributed by atoms with Crippen molar-refractivity contribution in [1.82, 2.24) is 24.1 Å². The third-order valence-electron chi connectivity index (χ3n) is 6.67. The Morgan fingerprint density at radius 3 is 2.14 bits per heavy atom. The largest absolute Gasteiger partial charge is 0.478 e. The van der Waals surface area contributed by atoms with Gasteiger partial charge in [0.1, 0.15) is 11.6 Å². The number of hydrogen-bond acceptors (Lipinski definition) is 6. The van der Waals surface area contributed by atoms with E-state index in [4.69, 9.17) is 21.1 Å². The highest BCUT2D eigenvalue weighted by molar-refractivity contribution is 6.37. The molecule has 1 atom stereocenters. The summed E-state index contributed by atoms with van der Waals surface area (Å²) >= 11 is 6.67. The highest BCUT2D eigenvalue weighted by Gasteiger charge is 2.60. The predicted molar refractivity (Wildman–Crippen MR) is 125 cm³/mol. The third kappa shape index (κ3) is 3.54. The third-order valence-corrected chi connectivity index (χ3v) is 7.05. The van der Waals surface area contributed by atoms with Crippen molar-refractivity contribution in [3.8, 4) is 11.6 Å². The molecule has 3 aromatic heterocycles. The first-order chi connectivity index (χ1) is 16.5. The number of aliphatic hydroxyl groups is 1. The Morgan fingerprint density at radius 2 is 1.69 bits per heavy atom. The van der Waals surface area contributed by atoms with Crippen LogP contribution < -0.4 is 9.47 Å². The topological polar surface area (TPSA) is 87.2 Å². The number of nitrogens with zero attached hydrogens (tertiary/aromatic N) is 5. The molecule has 1 aliphatic carbocycles. The number of aryl methyl sites for hydroxylation is 2. The van der Waals surface area contributed by atoms with Crippen molar-refractivity contribution in [2.75, 3.05) is 7.11 Å². The lowest BCUT2D eigenvalue weighted by atomic mass is 9.86. The first-order valence-electron chi connectivity index (χ1n) is 10.9. The molecule has 11 heteroatoms. The first kappa shape index (κ1) is 23.5. The maximum absolute atomic E-state index is 13.6. The molecule has 35 heavy (non-hydrogen) atoms. The van der Waals surface area contributed by atoms with Gasteiger partial charge in [-0.1, -0.05) is 17.7 Å². The second-order valence-electron chi connectivity index (χ2n) is 8.78. The van der Waals surface area contributed by atoms with Crippen LogP contribution in [-0.2, 0) is 19.7 Å². The maximum atomic E-state index is 13.6. The fourth-order valence-electron chi connectivity index (χ4n) is 4.21. The molecule has 5 rings (SSSR count). The number of methoxy groups -OCH3 is 1. The number of ether oxygens (including phenoxy) is 2. The maximum Gasteiger partial charge on any atom is 0.288 e. The van der Waals surface area contributed by atoms with Crippen LogP contribution in [-0.4, -0.2) is 48.3 Å². The van der Waals surface area contributed by atoms with Gasteiger partial charge in [0.15, 0.2) is 11.7 Å². The standard InChI is InChI=1S/C24H24ClF2N5O3/c1-12-28-10-17(31(12)3)24(33,18-11-29-13(2)32(18)4)14-6-7-16-15(8-14)20(25)21(22(30-16)34-5)35-19-9-23(19,26)27/h6-8,10-11,19,33H,9H2,1-5H3. The Hall–Kier alpha value is -3.24. The number of hydrogen-bond donors (Lipinski definition) is 1. The van der Waals surface area contributed by atoms with Crippen LogP contribution in [0.5, 0.6) is 11.6 Å². The molecule has 0 saturated heterocycles. The molecule has 0 bridgehead atoms. The fourth-order valence-corrected chi connectivity index (χ4v) is 4.49. The molecule has 1 N–H and O–H groups in total. The van der Waals surface area contributed by atoms with Crippen LogP contribution in [0.4, 0.5) is 8.78 Å². The van der Waals surface area contributed by atoms with Crippen LogP contribution in [0, 0.1) is 13.8 Å². The zero-order valence-electron chi connectivity index (χ0n) is 19.8. The average Bonchev–Trinajstić information content (AvgIpc) is 3.07. The van der Waals surface area contributed by atoms with E-state index in [1.54, 1.807) is 39.7 Å². The van der Waals surface area contributed by atoms with Gasteiger partial charge in [-0.05, 0) is 31.5 Å². The summed E-state index contributed by atoms with van der Waals surface area (Å²) in [4.78, 5) is 13.1. The summed E-state index contributed by atoms with van der Waals surface area (Å²) < 4.78 is 41.5. The molecule has 0 aliphatic heterocycles. The van der Waals surface area contributed by atoms with E-state index in [1.807, 2.05) is 27.9 Å². The SMILES string of the molecule is COc1nc2ccc(C(O)(c3cnc(C)n3C)c3cnc(C)n3C)cc2c(Cl)c1OC1CC1(F)F. The minimum atomic E-state index is -2.92. The van der Waals surface area contributed by atoms with Gasteiger partial charge in [-0.25, -0.2) is 23.7 Å². The van der Waals surface area contributed by atoms with E-state index in [-0.39, 0.29) is 16.7 Å². The molecular weight excluding hydrogens is 480 g/mol. The smallest absolute Gasteiger partial charge is 0.288 e. The molecule has 1 unspecified atom stereocenters. The minimum absolute atomic E-state index is 0.0118. The van der Waals surface area contributed by atoms with Crippen molar-refractivity contribution >= 4 is 22.5 Å². The Kier molecular flexibility index (Phi) is 5.30. The molecule has 0 amide bonds. The van der Waals surface area contributed by atoms with Crippen molar-refractivity contribution in [3.63, 3.8) is 0 Å². The number of halogens is 3. The van der Waals surface area contributed by atoms with Crippen LogP contribution in [0.25, 0.3) is 10.9 Å². The zero-order chi connectivity index (χ0) is 25.3. The van der Waals surface area contributed by atoms with E-state index in [2.05, 4.69) is 15.0 Å². The number of imidazole rings is 2. The summed E-state index contributed by atoms with van der Waals surface area (Å²) in [6, 6.07) is 5.09. The molecule has 1 saturated carbocycles. The Balaban J connectivity index is 1.73. The molecule has 0 spiro atoms. The molecule has 184 valence electrons. The van der Waals surface area contributed by atoms with Crippen molar-refractivity contribution in [2.45, 2.75) is 37.9 Å². The molecular formula is C24H24ClF2N5O3. The van der Waals surface area contributed by atoms with Crippen LogP contribution in [0.2, 0.25) is 5.02 Å². The van der Waals surface area contributed by atoms with Gasteiger partial charge in [0, 0.05) is 19.5 Å². The number of aromatic nitrogens is 5. The molecule has 4 aromatic rings. The van der Waals surface area contributed by atoms with E-state index in [1.165, 1.54) is 7.11 Å². The van der Waals surface area contributed by atoms with E-state index in [9.17, 15) is 13.9 Å². The van der Waals surface area contributed by atoms with Gasteiger partial charge in [-0.2, -0.15) is 0 Å². The lowest BCUT2D eigenvalue weighted by Gasteiger charge is -2.30. The number of benzene rings is 1. The van der Waals surface area contributed by atoms with Crippen molar-refractivity contribution in [1.29, 1.82) is 0 Å².